The lowest BCUT2D eigenvalue weighted by Gasteiger charge is -2.07. The summed E-state index contributed by atoms with van der Waals surface area (Å²) in [7, 11) is -3.66. The summed E-state index contributed by atoms with van der Waals surface area (Å²) < 4.78 is 26.4. The Bertz CT molecular complexity index is 695. The third-order valence-electron chi connectivity index (χ3n) is 2.42. The number of rotatable bonds is 4. The Hall–Kier alpha value is -1.64. The van der Waals surface area contributed by atoms with E-state index < -0.39 is 10.0 Å². The Balaban J connectivity index is 2.16. The van der Waals surface area contributed by atoms with Crippen LogP contribution in [0.1, 0.15) is 10.7 Å². The van der Waals surface area contributed by atoms with E-state index >= 15 is 0 Å². The van der Waals surface area contributed by atoms with Crippen LogP contribution in [0.5, 0.6) is 5.75 Å². The molecule has 2 rings (SSSR count). The van der Waals surface area contributed by atoms with E-state index in [9.17, 15) is 13.5 Å². The van der Waals surface area contributed by atoms with Gasteiger partial charge in [-0.1, -0.05) is 0 Å². The number of thiazole rings is 1. The van der Waals surface area contributed by atoms with Crippen LogP contribution in [0.15, 0.2) is 28.5 Å². The smallest absolute Gasteiger partial charge is 0.241 e. The molecule has 0 saturated carbocycles. The van der Waals surface area contributed by atoms with E-state index in [1.807, 2.05) is 6.92 Å². The molecule has 1 aromatic heterocycles. The second-order valence-corrected chi connectivity index (χ2v) is 6.73. The van der Waals surface area contributed by atoms with Crippen molar-refractivity contribution in [3.8, 4) is 5.75 Å². The summed E-state index contributed by atoms with van der Waals surface area (Å²) in [6, 6.07) is 3.75. The zero-order valence-electron chi connectivity index (χ0n) is 10.1. The van der Waals surface area contributed by atoms with Gasteiger partial charge in [0.05, 0.1) is 27.8 Å². The summed E-state index contributed by atoms with van der Waals surface area (Å²) in [6.45, 7) is 1.97. The summed E-state index contributed by atoms with van der Waals surface area (Å²) in [5.41, 5.74) is 6.16. The number of aromatic hydroxyl groups is 1. The second kappa shape index (κ2) is 5.16. The van der Waals surface area contributed by atoms with E-state index in [0.717, 1.165) is 5.01 Å². The first-order valence-electron chi connectivity index (χ1n) is 5.37. The first kappa shape index (κ1) is 13.8. The van der Waals surface area contributed by atoms with E-state index in [1.165, 1.54) is 29.5 Å². The molecule has 1 heterocycles. The van der Waals surface area contributed by atoms with E-state index in [0.29, 0.717) is 5.69 Å². The Labute approximate surface area is 115 Å². The van der Waals surface area contributed by atoms with Crippen molar-refractivity contribution in [3.63, 3.8) is 0 Å². The number of benzene rings is 1. The number of hydrogen-bond acceptors (Lipinski definition) is 6. The number of aromatic nitrogens is 1. The Kier molecular flexibility index (Phi) is 3.74. The third-order valence-corrected chi connectivity index (χ3v) is 4.64. The number of nitrogens with one attached hydrogen (secondary N) is 1. The molecule has 6 nitrogen and oxygen atoms in total. The van der Waals surface area contributed by atoms with Crippen LogP contribution in [0.2, 0.25) is 0 Å². The van der Waals surface area contributed by atoms with Crippen molar-refractivity contribution in [3.05, 3.63) is 34.3 Å². The average Bonchev–Trinajstić information content (AvgIpc) is 2.76. The predicted octanol–water partition coefficient (Wildman–Crippen LogP) is 1.22. The van der Waals surface area contributed by atoms with Crippen molar-refractivity contribution in [1.29, 1.82) is 0 Å². The molecular formula is C11H13N3O3S2. The van der Waals surface area contributed by atoms with Gasteiger partial charge in [0.25, 0.3) is 0 Å². The molecule has 0 atom stereocenters. The molecule has 0 aliphatic heterocycles. The van der Waals surface area contributed by atoms with Gasteiger partial charge in [0.2, 0.25) is 10.0 Å². The van der Waals surface area contributed by atoms with Crippen LogP contribution >= 0.6 is 11.3 Å². The molecule has 1 aromatic carbocycles. The van der Waals surface area contributed by atoms with Gasteiger partial charge in [-0.2, -0.15) is 0 Å². The van der Waals surface area contributed by atoms with Crippen molar-refractivity contribution < 1.29 is 13.5 Å². The monoisotopic (exact) mass is 299 g/mol. The van der Waals surface area contributed by atoms with E-state index in [1.54, 1.807) is 5.38 Å². The van der Waals surface area contributed by atoms with Crippen LogP contribution < -0.4 is 10.5 Å². The van der Waals surface area contributed by atoms with Crippen molar-refractivity contribution in [2.75, 3.05) is 5.73 Å². The summed E-state index contributed by atoms with van der Waals surface area (Å²) in [5, 5.41) is 11.9. The van der Waals surface area contributed by atoms with Gasteiger partial charge in [-0.25, -0.2) is 18.1 Å². The van der Waals surface area contributed by atoms with Crippen molar-refractivity contribution in [2.45, 2.75) is 18.4 Å². The fourth-order valence-corrected chi connectivity index (χ4v) is 3.09. The zero-order valence-corrected chi connectivity index (χ0v) is 11.8. The average molecular weight is 299 g/mol. The van der Waals surface area contributed by atoms with Crippen LogP contribution in [-0.4, -0.2) is 18.5 Å². The second-order valence-electron chi connectivity index (χ2n) is 3.90. The Morgan fingerprint density at radius 2 is 2.21 bits per heavy atom. The lowest BCUT2D eigenvalue weighted by molar-refractivity contribution is 0.477. The maximum atomic E-state index is 12.0. The quantitative estimate of drug-likeness (QED) is 0.581. The summed E-state index contributed by atoms with van der Waals surface area (Å²) in [5.74, 6) is -0.144. The molecule has 19 heavy (non-hydrogen) atoms. The normalized spacial score (nSPS) is 11.6. The van der Waals surface area contributed by atoms with Gasteiger partial charge in [-0.15, -0.1) is 11.3 Å². The van der Waals surface area contributed by atoms with Crippen LogP contribution in [0.25, 0.3) is 0 Å². The molecular weight excluding hydrogens is 286 g/mol. The molecule has 0 amide bonds. The lowest BCUT2D eigenvalue weighted by Crippen LogP contribution is -2.23. The van der Waals surface area contributed by atoms with Gasteiger partial charge in [0.15, 0.2) is 0 Å². The summed E-state index contributed by atoms with van der Waals surface area (Å²) >= 11 is 1.46. The first-order chi connectivity index (χ1) is 8.88. The highest BCUT2D eigenvalue weighted by molar-refractivity contribution is 7.89. The SMILES string of the molecule is Cc1nc(CNS(=O)(=O)c2ccc(O)c(N)c2)cs1. The molecule has 4 N–H and O–H groups in total. The van der Waals surface area contributed by atoms with Crippen molar-refractivity contribution in [1.82, 2.24) is 9.71 Å². The van der Waals surface area contributed by atoms with Gasteiger partial charge in [0.1, 0.15) is 5.75 Å². The predicted molar refractivity (Wildman–Crippen MR) is 73.4 cm³/mol. The molecule has 0 aliphatic carbocycles. The summed E-state index contributed by atoms with van der Waals surface area (Å²) in [4.78, 5) is 4.18. The van der Waals surface area contributed by atoms with Gasteiger partial charge >= 0.3 is 0 Å². The van der Waals surface area contributed by atoms with Crippen molar-refractivity contribution >= 4 is 27.0 Å². The van der Waals surface area contributed by atoms with Gasteiger partial charge in [0, 0.05) is 5.38 Å². The summed E-state index contributed by atoms with van der Waals surface area (Å²) in [6.07, 6.45) is 0. The Morgan fingerprint density at radius 1 is 1.47 bits per heavy atom. The fourth-order valence-electron chi connectivity index (χ4n) is 1.44. The molecule has 0 bridgehead atoms. The molecule has 0 saturated heterocycles. The largest absolute Gasteiger partial charge is 0.506 e. The lowest BCUT2D eigenvalue weighted by atomic mass is 10.3. The highest BCUT2D eigenvalue weighted by atomic mass is 32.2. The van der Waals surface area contributed by atoms with Crippen LogP contribution in [0, 0.1) is 6.92 Å². The minimum absolute atomic E-state index is 0.00903. The maximum absolute atomic E-state index is 12.0. The van der Waals surface area contributed by atoms with Gasteiger partial charge in [-0.05, 0) is 25.1 Å². The number of hydrogen-bond donors (Lipinski definition) is 3. The highest BCUT2D eigenvalue weighted by Gasteiger charge is 2.15. The van der Waals surface area contributed by atoms with E-state index in [2.05, 4.69) is 9.71 Å². The highest BCUT2D eigenvalue weighted by Crippen LogP contribution is 2.23. The number of anilines is 1. The van der Waals surface area contributed by atoms with E-state index in [-0.39, 0.29) is 22.9 Å². The van der Waals surface area contributed by atoms with Crippen molar-refractivity contribution in [2.24, 2.45) is 0 Å². The van der Waals surface area contributed by atoms with Crippen LogP contribution in [-0.2, 0) is 16.6 Å². The third kappa shape index (κ3) is 3.22. The topological polar surface area (TPSA) is 105 Å². The molecule has 0 radical (unpaired) electrons. The minimum Gasteiger partial charge on any atom is -0.506 e. The number of nitrogens with zero attached hydrogens (tertiary/aromatic N) is 1. The number of phenolic OH excluding ortho intramolecular Hbond substituents is 1. The zero-order chi connectivity index (χ0) is 14.0. The molecule has 8 heteroatoms. The van der Waals surface area contributed by atoms with E-state index in [4.69, 9.17) is 5.73 Å². The standard InChI is InChI=1S/C11H13N3O3S2/c1-7-14-8(6-18-7)5-13-19(16,17)9-2-3-11(15)10(12)4-9/h2-4,6,13,15H,5,12H2,1H3. The first-order valence-corrected chi connectivity index (χ1v) is 7.74. The number of phenols is 1. The number of sulfonamides is 1. The number of nitrogens with two attached hydrogens (primary N) is 1. The Morgan fingerprint density at radius 3 is 2.79 bits per heavy atom. The molecule has 0 aliphatic rings. The maximum Gasteiger partial charge on any atom is 0.241 e. The van der Waals surface area contributed by atoms with Gasteiger partial charge in [-0.3, -0.25) is 0 Å². The molecule has 0 fully saturated rings. The van der Waals surface area contributed by atoms with Crippen LogP contribution in [0.4, 0.5) is 5.69 Å². The molecule has 2 aromatic rings. The molecule has 0 spiro atoms. The van der Waals surface area contributed by atoms with Gasteiger partial charge < -0.3 is 10.8 Å². The minimum atomic E-state index is -3.66. The number of nitrogen functional groups attached to an aromatic ring is 1. The fraction of sp³-hybridized carbons (Fsp3) is 0.182. The van der Waals surface area contributed by atoms with Crippen LogP contribution in [0.3, 0.4) is 0 Å². The molecule has 0 unspecified atom stereocenters. The molecule has 102 valence electrons. The number of aryl methyl sites for hydroxylation is 1.